The maximum atomic E-state index is 11.6. The van der Waals surface area contributed by atoms with Crippen LogP contribution >= 0.6 is 11.6 Å². The zero-order chi connectivity index (χ0) is 11.4. The second-order valence-electron chi connectivity index (χ2n) is 3.23. The number of pyridine rings is 1. The minimum absolute atomic E-state index is 0.109. The van der Waals surface area contributed by atoms with E-state index in [9.17, 15) is 4.79 Å². The van der Waals surface area contributed by atoms with Crippen molar-refractivity contribution in [2.24, 2.45) is 0 Å². The maximum Gasteiger partial charge on any atom is 0.341 e. The molecule has 0 bridgehead atoms. The third kappa shape index (κ3) is 3.09. The van der Waals surface area contributed by atoms with Crippen LogP contribution in [0.2, 0.25) is 5.15 Å². The normalized spacial score (nSPS) is 12.2. The number of hydrogen-bond donors (Lipinski definition) is 1. The molecule has 2 N–H and O–H groups in total. The molecule has 15 heavy (non-hydrogen) atoms. The third-order valence-corrected chi connectivity index (χ3v) is 2.26. The number of nitrogen functional groups attached to an aromatic ring is 1. The lowest BCUT2D eigenvalue weighted by molar-refractivity contribution is 0.0334. The molecule has 0 amide bonds. The molecule has 0 spiro atoms. The van der Waals surface area contributed by atoms with Crippen LogP contribution in [0.15, 0.2) is 12.3 Å². The highest BCUT2D eigenvalue weighted by Gasteiger charge is 2.15. The molecule has 0 radical (unpaired) electrons. The predicted molar refractivity (Wildman–Crippen MR) is 58.8 cm³/mol. The van der Waals surface area contributed by atoms with Gasteiger partial charge in [-0.3, -0.25) is 0 Å². The van der Waals surface area contributed by atoms with Crippen molar-refractivity contribution in [3.63, 3.8) is 0 Å². The van der Waals surface area contributed by atoms with Crippen LogP contribution < -0.4 is 5.73 Å². The number of nitrogens with two attached hydrogens (primary N) is 1. The average Bonchev–Trinajstić information content (AvgIpc) is 2.21. The Bertz CT molecular complexity index is 368. The Kier molecular flexibility index (Phi) is 3.91. The first-order chi connectivity index (χ1) is 7.04. The van der Waals surface area contributed by atoms with Gasteiger partial charge in [-0.15, -0.1) is 0 Å². The van der Waals surface area contributed by atoms with Gasteiger partial charge >= 0.3 is 5.97 Å². The average molecular weight is 229 g/mol. The van der Waals surface area contributed by atoms with Crippen molar-refractivity contribution in [1.29, 1.82) is 0 Å². The van der Waals surface area contributed by atoms with Gasteiger partial charge in [0.05, 0.1) is 23.6 Å². The molecular formula is C10H13ClN2O2. The van der Waals surface area contributed by atoms with Crippen LogP contribution in [-0.4, -0.2) is 17.1 Å². The van der Waals surface area contributed by atoms with Crippen molar-refractivity contribution >= 4 is 23.3 Å². The topological polar surface area (TPSA) is 65.2 Å². The van der Waals surface area contributed by atoms with E-state index in [2.05, 4.69) is 4.98 Å². The van der Waals surface area contributed by atoms with Gasteiger partial charge in [-0.25, -0.2) is 9.78 Å². The van der Waals surface area contributed by atoms with Gasteiger partial charge in [0.1, 0.15) is 5.15 Å². The SMILES string of the molecule is CCC(C)OC(=O)c1cc(N)cnc1Cl. The Morgan fingerprint density at radius 3 is 3.00 bits per heavy atom. The summed E-state index contributed by atoms with van der Waals surface area (Å²) in [5.74, 6) is -0.492. The molecule has 1 rings (SSSR count). The first kappa shape index (κ1) is 11.8. The second kappa shape index (κ2) is 4.98. The minimum atomic E-state index is -0.492. The third-order valence-electron chi connectivity index (χ3n) is 1.96. The molecule has 82 valence electrons. The van der Waals surface area contributed by atoms with E-state index in [0.29, 0.717) is 5.69 Å². The molecule has 1 unspecified atom stereocenters. The molecule has 4 nitrogen and oxygen atoms in total. The molecule has 0 saturated heterocycles. The van der Waals surface area contributed by atoms with Gasteiger partial charge in [-0.1, -0.05) is 18.5 Å². The number of nitrogens with zero attached hydrogens (tertiary/aromatic N) is 1. The number of hydrogen-bond acceptors (Lipinski definition) is 4. The van der Waals surface area contributed by atoms with Gasteiger partial charge in [0.2, 0.25) is 0 Å². The lowest BCUT2D eigenvalue weighted by Crippen LogP contribution is -2.15. The zero-order valence-electron chi connectivity index (χ0n) is 8.66. The molecule has 1 aromatic rings. The van der Waals surface area contributed by atoms with E-state index in [1.807, 2.05) is 13.8 Å². The van der Waals surface area contributed by atoms with Gasteiger partial charge in [0.15, 0.2) is 0 Å². The quantitative estimate of drug-likeness (QED) is 0.637. The van der Waals surface area contributed by atoms with Crippen LogP contribution in [0.3, 0.4) is 0 Å². The summed E-state index contributed by atoms with van der Waals surface area (Å²) in [5, 5.41) is 0.109. The zero-order valence-corrected chi connectivity index (χ0v) is 9.41. The number of halogens is 1. The van der Waals surface area contributed by atoms with Crippen molar-refractivity contribution in [1.82, 2.24) is 4.98 Å². The molecule has 0 aliphatic heterocycles. The molecule has 1 heterocycles. The molecule has 0 saturated carbocycles. The Morgan fingerprint density at radius 2 is 2.40 bits per heavy atom. The summed E-state index contributed by atoms with van der Waals surface area (Å²) in [5.41, 5.74) is 6.09. The molecule has 0 aliphatic carbocycles. The van der Waals surface area contributed by atoms with Gasteiger partial charge in [-0.2, -0.15) is 0 Å². The van der Waals surface area contributed by atoms with Crippen LogP contribution in [0, 0.1) is 0 Å². The Morgan fingerprint density at radius 1 is 1.73 bits per heavy atom. The summed E-state index contributed by atoms with van der Waals surface area (Å²) in [7, 11) is 0. The molecule has 0 fully saturated rings. The minimum Gasteiger partial charge on any atom is -0.459 e. The lowest BCUT2D eigenvalue weighted by Gasteiger charge is -2.11. The van der Waals surface area contributed by atoms with Gasteiger partial charge in [-0.05, 0) is 19.4 Å². The first-order valence-corrected chi connectivity index (χ1v) is 5.04. The van der Waals surface area contributed by atoms with Crippen LogP contribution in [0.5, 0.6) is 0 Å². The number of carbonyl (C=O) groups is 1. The molecule has 1 aromatic heterocycles. The number of anilines is 1. The van der Waals surface area contributed by atoms with Crippen molar-refractivity contribution in [2.45, 2.75) is 26.4 Å². The van der Waals surface area contributed by atoms with E-state index in [1.165, 1.54) is 12.3 Å². The molecule has 1 atom stereocenters. The number of carbonyl (C=O) groups excluding carboxylic acids is 1. The predicted octanol–water partition coefficient (Wildman–Crippen LogP) is 2.27. The van der Waals surface area contributed by atoms with Crippen LogP contribution in [-0.2, 0) is 4.74 Å². The number of rotatable bonds is 3. The van der Waals surface area contributed by atoms with Gasteiger partial charge < -0.3 is 10.5 Å². The summed E-state index contributed by atoms with van der Waals surface area (Å²) in [6.07, 6.45) is 2.00. The van der Waals surface area contributed by atoms with Crippen molar-refractivity contribution in [3.05, 3.63) is 23.0 Å². The lowest BCUT2D eigenvalue weighted by atomic mass is 10.2. The standard InChI is InChI=1S/C10H13ClN2O2/c1-3-6(2)15-10(14)8-4-7(12)5-13-9(8)11/h4-6H,3,12H2,1-2H3. The highest BCUT2D eigenvalue weighted by atomic mass is 35.5. The van der Waals surface area contributed by atoms with E-state index < -0.39 is 5.97 Å². The smallest absolute Gasteiger partial charge is 0.341 e. The van der Waals surface area contributed by atoms with E-state index in [0.717, 1.165) is 6.42 Å². The van der Waals surface area contributed by atoms with Crippen molar-refractivity contribution < 1.29 is 9.53 Å². The van der Waals surface area contributed by atoms with E-state index in [4.69, 9.17) is 22.1 Å². The maximum absolute atomic E-state index is 11.6. The first-order valence-electron chi connectivity index (χ1n) is 4.66. The molecule has 0 aliphatic rings. The van der Waals surface area contributed by atoms with Crippen LogP contribution in [0.4, 0.5) is 5.69 Å². The number of ether oxygens (including phenoxy) is 1. The second-order valence-corrected chi connectivity index (χ2v) is 3.59. The van der Waals surface area contributed by atoms with Crippen LogP contribution in [0.1, 0.15) is 30.6 Å². The van der Waals surface area contributed by atoms with E-state index >= 15 is 0 Å². The summed E-state index contributed by atoms with van der Waals surface area (Å²) >= 11 is 5.75. The fourth-order valence-corrected chi connectivity index (χ4v) is 1.12. The number of esters is 1. The highest BCUT2D eigenvalue weighted by molar-refractivity contribution is 6.32. The monoisotopic (exact) mass is 228 g/mol. The summed E-state index contributed by atoms with van der Waals surface area (Å²) in [6.45, 7) is 3.74. The Labute approximate surface area is 93.4 Å². The van der Waals surface area contributed by atoms with Gasteiger partial charge in [0, 0.05) is 0 Å². The Balaban J connectivity index is 2.86. The largest absolute Gasteiger partial charge is 0.459 e. The Hall–Kier alpha value is -1.29. The van der Waals surface area contributed by atoms with Gasteiger partial charge in [0.25, 0.3) is 0 Å². The molecular weight excluding hydrogens is 216 g/mol. The van der Waals surface area contributed by atoms with Crippen LogP contribution in [0.25, 0.3) is 0 Å². The van der Waals surface area contributed by atoms with Crippen molar-refractivity contribution in [2.75, 3.05) is 5.73 Å². The summed E-state index contributed by atoms with van der Waals surface area (Å²) in [6, 6.07) is 1.46. The highest BCUT2D eigenvalue weighted by Crippen LogP contribution is 2.17. The fourth-order valence-electron chi connectivity index (χ4n) is 0.937. The van der Waals surface area contributed by atoms with E-state index in [1.54, 1.807) is 0 Å². The van der Waals surface area contributed by atoms with E-state index in [-0.39, 0.29) is 16.8 Å². The molecule has 0 aromatic carbocycles. The fraction of sp³-hybridized carbons (Fsp3) is 0.400. The summed E-state index contributed by atoms with van der Waals surface area (Å²) in [4.78, 5) is 15.4. The molecule has 5 heteroatoms. The van der Waals surface area contributed by atoms with Crippen molar-refractivity contribution in [3.8, 4) is 0 Å². The number of aromatic nitrogens is 1. The summed E-state index contributed by atoms with van der Waals surface area (Å²) < 4.78 is 5.10.